The Labute approximate surface area is 219 Å². The average molecular weight is 517 g/mol. The smallest absolute Gasteiger partial charge is 0.161 e. The Morgan fingerprint density at radius 2 is 1.43 bits per heavy atom. The van der Waals surface area contributed by atoms with Crippen LogP contribution in [0.5, 0.6) is 23.0 Å². The van der Waals surface area contributed by atoms with E-state index in [0.717, 1.165) is 49.4 Å². The zero-order valence-corrected chi connectivity index (χ0v) is 22.8. The van der Waals surface area contributed by atoms with Crippen LogP contribution in [0.2, 0.25) is 0 Å². The zero-order valence-electron chi connectivity index (χ0n) is 22.8. The molecular formula is C27H38N3O7-. The van der Waals surface area contributed by atoms with E-state index >= 15 is 0 Å². The highest BCUT2D eigenvalue weighted by Crippen LogP contribution is 2.40. The summed E-state index contributed by atoms with van der Waals surface area (Å²) in [6.45, 7) is 6.06. The molecule has 0 saturated carbocycles. The molecule has 0 radical (unpaired) electrons. The summed E-state index contributed by atoms with van der Waals surface area (Å²) in [5.74, 6) is 2.99. The van der Waals surface area contributed by atoms with Crippen LogP contribution in [0.15, 0.2) is 36.4 Å². The number of likely N-dealkylation sites (N-methyl/N-ethyl adjacent to an activating group) is 1. The number of nitrogens with zero attached hydrogens (tertiary/aromatic N) is 3. The topological polar surface area (TPSA) is 130 Å². The molecule has 0 aliphatic carbocycles. The van der Waals surface area contributed by atoms with Gasteiger partial charge in [0, 0.05) is 6.54 Å². The first-order chi connectivity index (χ1) is 17.6. The largest absolute Gasteiger partial charge is 0.493 e. The molecule has 1 atom stereocenters. The van der Waals surface area contributed by atoms with Crippen molar-refractivity contribution in [2.45, 2.75) is 38.5 Å². The molecule has 0 saturated heterocycles. The molecule has 0 spiro atoms. The Bertz CT molecular complexity index is 1040. The van der Waals surface area contributed by atoms with Gasteiger partial charge in [0.1, 0.15) is 0 Å². The van der Waals surface area contributed by atoms with Crippen molar-refractivity contribution < 1.29 is 24.0 Å². The first-order valence-electron chi connectivity index (χ1n) is 11.9. The highest BCUT2D eigenvalue weighted by Gasteiger charge is 2.36. The van der Waals surface area contributed by atoms with Crippen LogP contribution in [0, 0.1) is 32.6 Å². The van der Waals surface area contributed by atoms with Gasteiger partial charge in [0.15, 0.2) is 23.0 Å². The van der Waals surface area contributed by atoms with E-state index < -0.39 is 10.5 Å². The molecule has 0 aromatic heterocycles. The monoisotopic (exact) mass is 516 g/mol. The highest BCUT2D eigenvalue weighted by molar-refractivity contribution is 5.47. The van der Waals surface area contributed by atoms with Gasteiger partial charge in [-0.25, -0.2) is 0 Å². The lowest BCUT2D eigenvalue weighted by atomic mass is 9.69. The summed E-state index contributed by atoms with van der Waals surface area (Å²) >= 11 is 0. The fraction of sp³-hybridized carbons (Fsp3) is 0.519. The fourth-order valence-electron chi connectivity index (χ4n) is 4.23. The van der Waals surface area contributed by atoms with E-state index in [1.807, 2.05) is 30.3 Å². The van der Waals surface area contributed by atoms with Crippen LogP contribution >= 0.6 is 0 Å². The molecule has 204 valence electrons. The minimum atomic E-state index is -1.75. The minimum absolute atomic E-state index is 0.165. The average Bonchev–Trinajstić information content (AvgIpc) is 2.88. The third-order valence-electron chi connectivity index (χ3n) is 6.42. The maximum absolute atomic E-state index is 10.2. The second-order valence-corrected chi connectivity index (χ2v) is 8.88. The van der Waals surface area contributed by atoms with E-state index in [1.54, 1.807) is 28.4 Å². The molecule has 10 heteroatoms. The van der Waals surface area contributed by atoms with Gasteiger partial charge >= 0.3 is 0 Å². The summed E-state index contributed by atoms with van der Waals surface area (Å²) in [5, 5.41) is 25.0. The van der Waals surface area contributed by atoms with Crippen LogP contribution in [0.1, 0.15) is 37.8 Å². The number of nitriles is 1. The van der Waals surface area contributed by atoms with Gasteiger partial charge in [-0.15, -0.1) is 0 Å². The third-order valence-corrected chi connectivity index (χ3v) is 6.42. The van der Waals surface area contributed by atoms with Crippen molar-refractivity contribution in [1.82, 2.24) is 4.90 Å². The molecule has 0 unspecified atom stereocenters. The van der Waals surface area contributed by atoms with Crippen molar-refractivity contribution in [3.63, 3.8) is 0 Å². The molecule has 0 N–H and O–H groups in total. The van der Waals surface area contributed by atoms with Gasteiger partial charge in [-0.3, -0.25) is 0 Å². The van der Waals surface area contributed by atoms with Crippen molar-refractivity contribution >= 4 is 0 Å². The summed E-state index contributed by atoms with van der Waals surface area (Å²) in [6.07, 6.45) is 2.61. The molecular weight excluding hydrogens is 478 g/mol. The number of hydrogen-bond donors (Lipinski definition) is 0. The van der Waals surface area contributed by atoms with Gasteiger partial charge in [0.25, 0.3) is 0 Å². The summed E-state index contributed by atoms with van der Waals surface area (Å²) in [4.78, 5) is 10.6. The summed E-state index contributed by atoms with van der Waals surface area (Å²) in [5.41, 5.74) is 1.60. The number of benzene rings is 2. The standard InChI is InChI=1S/C27H38N2O4.NO3/c1-20(2)27(19-28,22-10-12-24(31-5)26(18-22)33-7)14-8-15-29(3)16-13-21-9-11-23(30-4)25(17-21)32-6;2-1(3)4/h9-12,17-18,20H,8,13-16H2,1-7H3;/q;-1/t27-;/m0./s1. The van der Waals surface area contributed by atoms with Crippen molar-refractivity contribution in [2.75, 3.05) is 48.6 Å². The Morgan fingerprint density at radius 3 is 1.92 bits per heavy atom. The van der Waals surface area contributed by atoms with Gasteiger partial charge in [0.05, 0.1) is 45.0 Å². The van der Waals surface area contributed by atoms with Gasteiger partial charge in [-0.2, -0.15) is 5.26 Å². The molecule has 0 fully saturated rings. The lowest BCUT2D eigenvalue weighted by Gasteiger charge is -2.32. The third kappa shape index (κ3) is 9.03. The molecule has 0 heterocycles. The van der Waals surface area contributed by atoms with E-state index in [0.29, 0.717) is 11.5 Å². The summed E-state index contributed by atoms with van der Waals surface area (Å²) in [6, 6.07) is 14.5. The lowest BCUT2D eigenvalue weighted by molar-refractivity contribution is -0.402. The second kappa shape index (κ2) is 15.4. The van der Waals surface area contributed by atoms with Crippen molar-refractivity contribution in [3.05, 3.63) is 62.8 Å². The first kappa shape index (κ1) is 31.3. The predicted molar refractivity (Wildman–Crippen MR) is 142 cm³/mol. The van der Waals surface area contributed by atoms with Gasteiger partial charge in [-0.05, 0) is 74.2 Å². The van der Waals surface area contributed by atoms with Crippen LogP contribution in [0.25, 0.3) is 0 Å². The van der Waals surface area contributed by atoms with Crippen molar-refractivity contribution in [2.24, 2.45) is 5.92 Å². The molecule has 0 aliphatic rings. The lowest BCUT2D eigenvalue weighted by Crippen LogP contribution is -2.32. The fourth-order valence-corrected chi connectivity index (χ4v) is 4.23. The van der Waals surface area contributed by atoms with Crippen LogP contribution in [-0.2, 0) is 11.8 Å². The molecule has 2 aromatic rings. The summed E-state index contributed by atoms with van der Waals surface area (Å²) in [7, 11) is 8.67. The van der Waals surface area contributed by atoms with Crippen LogP contribution in [-0.4, -0.2) is 58.6 Å². The van der Waals surface area contributed by atoms with Crippen LogP contribution in [0.3, 0.4) is 0 Å². The van der Waals surface area contributed by atoms with Crippen molar-refractivity contribution in [3.8, 4) is 29.1 Å². The second-order valence-electron chi connectivity index (χ2n) is 8.88. The highest BCUT2D eigenvalue weighted by atomic mass is 16.9. The Hall–Kier alpha value is -3.71. The molecule has 10 nitrogen and oxygen atoms in total. The normalized spacial score (nSPS) is 12.1. The Balaban J connectivity index is 0.00000159. The first-order valence-corrected chi connectivity index (χ1v) is 11.9. The van der Waals surface area contributed by atoms with Gasteiger partial charge in [-0.1, -0.05) is 26.0 Å². The molecule has 0 bridgehead atoms. The SMILES string of the molecule is COc1ccc(CCN(C)CCC[C@@](C#N)(c2ccc(OC)c(OC)c2)C(C)C)cc1OC.O=[N+]([O-])[O-]. The zero-order chi connectivity index (χ0) is 28.0. The molecule has 0 aliphatic heterocycles. The number of ether oxygens (including phenoxy) is 4. The Morgan fingerprint density at radius 1 is 0.919 bits per heavy atom. The van der Waals surface area contributed by atoms with E-state index in [4.69, 9.17) is 34.3 Å². The maximum Gasteiger partial charge on any atom is 0.161 e. The number of rotatable bonds is 13. The Kier molecular flexibility index (Phi) is 13.0. The van der Waals surface area contributed by atoms with Crippen LogP contribution < -0.4 is 18.9 Å². The molecule has 2 aromatic carbocycles. The van der Waals surface area contributed by atoms with Crippen molar-refractivity contribution in [1.29, 1.82) is 5.26 Å². The number of methoxy groups -OCH3 is 4. The molecule has 2 rings (SSSR count). The summed E-state index contributed by atoms with van der Waals surface area (Å²) < 4.78 is 21.6. The van der Waals surface area contributed by atoms with E-state index in [1.165, 1.54) is 5.56 Å². The maximum atomic E-state index is 10.2. The van der Waals surface area contributed by atoms with Gasteiger partial charge < -0.3 is 39.2 Å². The van der Waals surface area contributed by atoms with E-state index in [9.17, 15) is 5.26 Å². The minimum Gasteiger partial charge on any atom is -0.493 e. The molecule has 37 heavy (non-hydrogen) atoms. The predicted octanol–water partition coefficient (Wildman–Crippen LogP) is 4.85. The van der Waals surface area contributed by atoms with Gasteiger partial charge in [0.2, 0.25) is 0 Å². The van der Waals surface area contributed by atoms with Crippen LogP contribution in [0.4, 0.5) is 0 Å². The molecule has 0 amide bonds. The quantitative estimate of drug-likeness (QED) is 0.271. The van der Waals surface area contributed by atoms with E-state index in [2.05, 4.69) is 37.9 Å². The number of hydrogen-bond acceptors (Lipinski definition) is 9. The van der Waals surface area contributed by atoms with E-state index in [-0.39, 0.29) is 5.92 Å².